The molecule has 8 nitrogen and oxygen atoms in total. The second-order valence-corrected chi connectivity index (χ2v) is 5.27. The van der Waals surface area contributed by atoms with Crippen LogP contribution in [0, 0.1) is 5.41 Å². The third-order valence-corrected chi connectivity index (χ3v) is 3.41. The van der Waals surface area contributed by atoms with E-state index in [-0.39, 0.29) is 12.4 Å². The smallest absolute Gasteiger partial charge is 0.341 e. The molecule has 0 aliphatic heterocycles. The van der Waals surface area contributed by atoms with Crippen molar-refractivity contribution >= 4 is 22.8 Å². The molecule has 0 radical (unpaired) electrons. The molecular weight excluding hydrogens is 324 g/mol. The van der Waals surface area contributed by atoms with Gasteiger partial charge >= 0.3 is 5.97 Å². The molecule has 2 aromatic carbocycles. The summed E-state index contributed by atoms with van der Waals surface area (Å²) < 4.78 is 10.8. The number of ether oxygens (including phenoxy) is 2. The maximum absolute atomic E-state index is 10.5. The van der Waals surface area contributed by atoms with Crippen LogP contribution in [0.3, 0.4) is 0 Å². The number of nitrogens with zero attached hydrogens (tertiary/aromatic N) is 1. The summed E-state index contributed by atoms with van der Waals surface area (Å²) in [6.45, 7) is -0.161. The highest BCUT2D eigenvalue weighted by Gasteiger charge is 2.07. The van der Waals surface area contributed by atoms with Gasteiger partial charge in [-0.2, -0.15) is 0 Å². The van der Waals surface area contributed by atoms with Crippen molar-refractivity contribution in [1.82, 2.24) is 9.97 Å². The van der Waals surface area contributed by atoms with Crippen LogP contribution in [0.4, 0.5) is 0 Å². The number of fused-ring (bicyclic) bond motifs is 1. The number of rotatable bonds is 7. The van der Waals surface area contributed by atoms with Gasteiger partial charge in [0.25, 0.3) is 0 Å². The van der Waals surface area contributed by atoms with Crippen LogP contribution in [0.2, 0.25) is 0 Å². The van der Waals surface area contributed by atoms with E-state index < -0.39 is 12.6 Å². The number of carboxylic acid groups (broad SMARTS) is 1. The quantitative estimate of drug-likeness (QED) is 0.383. The molecule has 1 heterocycles. The van der Waals surface area contributed by atoms with Gasteiger partial charge in [-0.15, -0.1) is 0 Å². The monoisotopic (exact) mass is 340 g/mol. The molecule has 0 spiro atoms. The second-order valence-electron chi connectivity index (χ2n) is 5.27. The van der Waals surface area contributed by atoms with Gasteiger partial charge < -0.3 is 25.3 Å². The van der Waals surface area contributed by atoms with Crippen molar-refractivity contribution in [2.75, 3.05) is 6.61 Å². The van der Waals surface area contributed by atoms with Gasteiger partial charge in [0.05, 0.1) is 11.0 Å². The summed E-state index contributed by atoms with van der Waals surface area (Å²) in [5.41, 5.74) is 7.50. The van der Waals surface area contributed by atoms with Crippen LogP contribution in [0.1, 0.15) is 11.4 Å². The van der Waals surface area contributed by atoms with Crippen LogP contribution < -0.4 is 15.2 Å². The topological polar surface area (TPSA) is 134 Å². The van der Waals surface area contributed by atoms with E-state index in [0.29, 0.717) is 22.9 Å². The van der Waals surface area contributed by atoms with E-state index in [1.165, 1.54) is 0 Å². The van der Waals surface area contributed by atoms with Crippen molar-refractivity contribution in [3.63, 3.8) is 0 Å². The van der Waals surface area contributed by atoms with Gasteiger partial charge in [-0.1, -0.05) is 0 Å². The molecule has 3 aromatic rings. The SMILES string of the molecule is N=C(N)c1ccc(OCc2nc3ccc(OCC(=O)O)cc3[nH]2)cc1. The first-order chi connectivity index (χ1) is 12.0. The highest BCUT2D eigenvalue weighted by Crippen LogP contribution is 2.20. The molecule has 0 fully saturated rings. The lowest BCUT2D eigenvalue weighted by Gasteiger charge is -2.05. The molecule has 0 saturated carbocycles. The number of nitrogen functional groups attached to an aromatic ring is 1. The number of hydrogen-bond acceptors (Lipinski definition) is 5. The predicted molar refractivity (Wildman–Crippen MR) is 91.0 cm³/mol. The van der Waals surface area contributed by atoms with Crippen molar-refractivity contribution in [2.24, 2.45) is 5.73 Å². The number of hydrogen-bond donors (Lipinski definition) is 4. The number of aromatic nitrogens is 2. The Bertz CT molecular complexity index is 918. The average molecular weight is 340 g/mol. The van der Waals surface area contributed by atoms with E-state index in [2.05, 4.69) is 9.97 Å². The molecule has 0 atom stereocenters. The first-order valence-electron chi connectivity index (χ1n) is 7.42. The molecule has 5 N–H and O–H groups in total. The third kappa shape index (κ3) is 4.05. The summed E-state index contributed by atoms with van der Waals surface area (Å²) in [5, 5.41) is 16.0. The molecule has 128 valence electrons. The van der Waals surface area contributed by atoms with Crippen LogP contribution >= 0.6 is 0 Å². The van der Waals surface area contributed by atoms with Crippen molar-refractivity contribution in [1.29, 1.82) is 5.41 Å². The summed E-state index contributed by atoms with van der Waals surface area (Å²) in [5.74, 6) is 0.683. The van der Waals surface area contributed by atoms with Crippen LogP contribution in [-0.2, 0) is 11.4 Å². The van der Waals surface area contributed by atoms with E-state index >= 15 is 0 Å². The van der Waals surface area contributed by atoms with Crippen molar-refractivity contribution in [3.05, 3.63) is 53.9 Å². The van der Waals surface area contributed by atoms with Gasteiger partial charge in [-0.05, 0) is 36.4 Å². The highest BCUT2D eigenvalue weighted by molar-refractivity contribution is 5.94. The summed E-state index contributed by atoms with van der Waals surface area (Å²) in [7, 11) is 0. The number of carbonyl (C=O) groups is 1. The summed E-state index contributed by atoms with van der Waals surface area (Å²) >= 11 is 0. The Morgan fingerprint density at radius 3 is 2.56 bits per heavy atom. The van der Waals surface area contributed by atoms with Gasteiger partial charge in [0.1, 0.15) is 29.8 Å². The maximum Gasteiger partial charge on any atom is 0.341 e. The largest absolute Gasteiger partial charge is 0.486 e. The van der Waals surface area contributed by atoms with Crippen molar-refractivity contribution in [2.45, 2.75) is 6.61 Å². The molecule has 1 aromatic heterocycles. The van der Waals surface area contributed by atoms with Crippen LogP contribution in [0.5, 0.6) is 11.5 Å². The first-order valence-corrected chi connectivity index (χ1v) is 7.42. The number of amidine groups is 1. The van der Waals surface area contributed by atoms with Crippen molar-refractivity contribution in [3.8, 4) is 11.5 Å². The van der Waals surface area contributed by atoms with Gasteiger partial charge in [0.2, 0.25) is 0 Å². The molecule has 0 aliphatic rings. The number of nitrogens with two attached hydrogens (primary N) is 1. The molecule has 0 saturated heterocycles. The number of aromatic amines is 1. The zero-order valence-electron chi connectivity index (χ0n) is 13.2. The predicted octanol–water partition coefficient (Wildman–Crippen LogP) is 1.89. The second kappa shape index (κ2) is 6.91. The fraction of sp³-hybridized carbons (Fsp3) is 0.118. The van der Waals surface area contributed by atoms with Crippen LogP contribution in [0.15, 0.2) is 42.5 Å². The molecular formula is C17H16N4O4. The Hall–Kier alpha value is -3.55. The lowest BCUT2D eigenvalue weighted by molar-refractivity contribution is -0.139. The van der Waals surface area contributed by atoms with Gasteiger partial charge in [0.15, 0.2) is 6.61 Å². The molecule has 0 aliphatic carbocycles. The van der Waals surface area contributed by atoms with E-state index in [1.807, 2.05) is 0 Å². The Morgan fingerprint density at radius 1 is 1.16 bits per heavy atom. The maximum atomic E-state index is 10.5. The van der Waals surface area contributed by atoms with E-state index in [9.17, 15) is 4.79 Å². The summed E-state index contributed by atoms with van der Waals surface area (Å²) in [4.78, 5) is 18.0. The minimum absolute atomic E-state index is 0.00440. The minimum atomic E-state index is -1.03. The average Bonchev–Trinajstić information content (AvgIpc) is 3.00. The normalized spacial score (nSPS) is 10.6. The van der Waals surface area contributed by atoms with E-state index in [1.54, 1.807) is 42.5 Å². The molecule has 0 amide bonds. The van der Waals surface area contributed by atoms with E-state index in [0.717, 1.165) is 11.0 Å². The Kier molecular flexibility index (Phi) is 4.51. The van der Waals surface area contributed by atoms with Gasteiger partial charge in [-0.25, -0.2) is 9.78 Å². The van der Waals surface area contributed by atoms with Crippen LogP contribution in [0.25, 0.3) is 11.0 Å². The lowest BCUT2D eigenvalue weighted by atomic mass is 10.2. The van der Waals surface area contributed by atoms with E-state index in [4.69, 9.17) is 25.7 Å². The lowest BCUT2D eigenvalue weighted by Crippen LogP contribution is -2.10. The fourth-order valence-corrected chi connectivity index (χ4v) is 2.23. The molecule has 25 heavy (non-hydrogen) atoms. The number of aliphatic carboxylic acids is 1. The molecule has 8 heteroatoms. The van der Waals surface area contributed by atoms with Crippen molar-refractivity contribution < 1.29 is 19.4 Å². The third-order valence-electron chi connectivity index (χ3n) is 3.41. The zero-order valence-corrected chi connectivity index (χ0v) is 13.2. The number of H-pyrrole nitrogens is 1. The summed E-state index contributed by atoms with van der Waals surface area (Å²) in [6, 6.07) is 12.0. The molecule has 0 unspecified atom stereocenters. The molecule has 0 bridgehead atoms. The first kappa shape index (κ1) is 16.3. The number of nitrogens with one attached hydrogen (secondary N) is 2. The number of carboxylic acids is 1. The Balaban J connectivity index is 1.67. The highest BCUT2D eigenvalue weighted by atomic mass is 16.5. The van der Waals surface area contributed by atoms with Gasteiger partial charge in [-0.3, -0.25) is 5.41 Å². The fourth-order valence-electron chi connectivity index (χ4n) is 2.23. The Morgan fingerprint density at radius 2 is 1.88 bits per heavy atom. The zero-order chi connectivity index (χ0) is 17.8. The Labute approximate surface area is 142 Å². The number of imidazole rings is 1. The molecule has 3 rings (SSSR count). The number of benzene rings is 2. The minimum Gasteiger partial charge on any atom is -0.486 e. The van der Waals surface area contributed by atoms with Crippen LogP contribution in [-0.4, -0.2) is 33.5 Å². The standard InChI is InChI=1S/C17H16N4O4/c18-17(19)10-1-3-11(4-2-10)24-8-15-20-13-6-5-12(7-14(13)21-15)25-9-16(22)23/h1-7H,8-9H2,(H3,18,19)(H,20,21)(H,22,23). The van der Waals surface area contributed by atoms with Gasteiger partial charge in [0, 0.05) is 11.6 Å². The summed E-state index contributed by atoms with van der Waals surface area (Å²) in [6.07, 6.45) is 0.